The van der Waals surface area contributed by atoms with Gasteiger partial charge in [0.1, 0.15) is 5.75 Å². The second kappa shape index (κ2) is 13.3. The van der Waals surface area contributed by atoms with Gasteiger partial charge in [0.2, 0.25) is 11.8 Å². The van der Waals surface area contributed by atoms with Gasteiger partial charge in [0, 0.05) is 55.2 Å². The first-order chi connectivity index (χ1) is 21.5. The molecule has 3 heterocycles. The van der Waals surface area contributed by atoms with Crippen LogP contribution in [0.1, 0.15) is 68.5 Å². The van der Waals surface area contributed by atoms with Crippen LogP contribution in [0.25, 0.3) is 10.9 Å². The van der Waals surface area contributed by atoms with Crippen LogP contribution in [-0.2, 0) is 22.8 Å². The highest BCUT2D eigenvalue weighted by atomic mass is 79.9. The molecule has 3 fully saturated rings. The molecule has 12 heteroatoms. The number of benzene rings is 2. The highest BCUT2D eigenvalue weighted by molar-refractivity contribution is 9.10. The minimum atomic E-state index is -4.41. The second-order valence-corrected chi connectivity index (χ2v) is 13.4. The summed E-state index contributed by atoms with van der Waals surface area (Å²) < 4.78 is 47.5. The Morgan fingerprint density at radius 1 is 1.00 bits per heavy atom. The first-order valence-corrected chi connectivity index (χ1v) is 16.7. The van der Waals surface area contributed by atoms with Crippen LogP contribution in [0, 0.1) is 5.92 Å². The third kappa shape index (κ3) is 7.32. The molecule has 1 atom stereocenters. The number of aryl methyl sites for hydroxylation is 1. The number of amides is 2. The molecular weight excluding hydrogens is 651 g/mol. The van der Waals surface area contributed by atoms with Crippen LogP contribution < -0.4 is 15.0 Å². The molecule has 0 radical (unpaired) electrons. The Morgan fingerprint density at radius 2 is 1.76 bits per heavy atom. The van der Waals surface area contributed by atoms with Crippen molar-refractivity contribution in [1.29, 1.82) is 0 Å². The molecule has 1 N–H and O–H groups in total. The van der Waals surface area contributed by atoms with Gasteiger partial charge in [-0.15, -0.1) is 0 Å². The highest BCUT2D eigenvalue weighted by Gasteiger charge is 2.34. The van der Waals surface area contributed by atoms with Gasteiger partial charge < -0.3 is 9.64 Å². The van der Waals surface area contributed by atoms with Crippen molar-refractivity contribution in [3.8, 4) is 5.75 Å². The fraction of sp³-hybridized carbons (Fsp3) is 0.545. The molecule has 1 saturated carbocycles. The number of rotatable bonds is 8. The van der Waals surface area contributed by atoms with E-state index in [0.717, 1.165) is 99.6 Å². The van der Waals surface area contributed by atoms with Crippen molar-refractivity contribution in [1.82, 2.24) is 20.0 Å². The molecule has 1 aliphatic carbocycles. The fourth-order valence-corrected chi connectivity index (χ4v) is 7.51. The zero-order chi connectivity index (χ0) is 31.7. The van der Waals surface area contributed by atoms with Gasteiger partial charge in [0.05, 0.1) is 28.8 Å². The number of nitrogens with one attached hydrogen (secondary N) is 1. The van der Waals surface area contributed by atoms with Gasteiger partial charge in [-0.2, -0.15) is 18.3 Å². The maximum absolute atomic E-state index is 13.2. The lowest BCUT2D eigenvalue weighted by molar-refractivity contribution is -0.138. The van der Waals surface area contributed by atoms with Gasteiger partial charge in [0.25, 0.3) is 0 Å². The topological polar surface area (TPSA) is 79.7 Å². The van der Waals surface area contributed by atoms with Crippen LogP contribution in [0.2, 0.25) is 0 Å². The van der Waals surface area contributed by atoms with Crippen molar-refractivity contribution in [3.05, 3.63) is 52.1 Å². The normalized spacial score (nSPS) is 23.4. The summed E-state index contributed by atoms with van der Waals surface area (Å²) in [6, 6.07) is 10.4. The van der Waals surface area contributed by atoms with E-state index >= 15 is 0 Å². The number of nitrogens with zero attached hydrogens (tertiary/aromatic N) is 4. The third-order valence-corrected chi connectivity index (χ3v) is 10.3. The third-order valence-electron chi connectivity index (χ3n) is 9.60. The average Bonchev–Trinajstić information content (AvgIpc) is 3.34. The van der Waals surface area contributed by atoms with E-state index in [9.17, 15) is 22.8 Å². The number of anilines is 1. The SMILES string of the molecule is Cn1nc(C2CCC(=O)NC2=O)c2ccc(N3CCN(CCCC4CCC(Oc5ccc(Br)c(C(F)(F)F)c5)CC4)CC3)cc21. The van der Waals surface area contributed by atoms with Gasteiger partial charge in [0.15, 0.2) is 0 Å². The summed E-state index contributed by atoms with van der Waals surface area (Å²) in [7, 11) is 1.90. The number of hydrogen-bond donors (Lipinski definition) is 1. The molecule has 8 nitrogen and oxygen atoms in total. The molecule has 3 aromatic rings. The minimum absolute atomic E-state index is 0.0285. The zero-order valence-electron chi connectivity index (χ0n) is 25.4. The molecule has 2 saturated heterocycles. The van der Waals surface area contributed by atoms with E-state index in [0.29, 0.717) is 18.8 Å². The van der Waals surface area contributed by atoms with Crippen molar-refractivity contribution >= 4 is 44.3 Å². The molecule has 0 bridgehead atoms. The lowest BCUT2D eigenvalue weighted by Crippen LogP contribution is -2.46. The maximum Gasteiger partial charge on any atom is 0.417 e. The fourth-order valence-electron chi connectivity index (χ4n) is 7.04. The number of piperazine rings is 1. The Bertz CT molecular complexity index is 1540. The Balaban J connectivity index is 0.935. The molecule has 2 amide bonds. The number of ether oxygens (including phenoxy) is 1. The predicted molar refractivity (Wildman–Crippen MR) is 169 cm³/mol. The minimum Gasteiger partial charge on any atom is -0.490 e. The van der Waals surface area contributed by atoms with Crippen molar-refractivity contribution in [2.45, 2.75) is 69.6 Å². The molecule has 0 spiro atoms. The van der Waals surface area contributed by atoms with E-state index < -0.39 is 17.7 Å². The van der Waals surface area contributed by atoms with Gasteiger partial charge in [-0.25, -0.2) is 0 Å². The summed E-state index contributed by atoms with van der Waals surface area (Å²) in [5, 5.41) is 8.07. The van der Waals surface area contributed by atoms with Crippen molar-refractivity contribution in [3.63, 3.8) is 0 Å². The van der Waals surface area contributed by atoms with Crippen LogP contribution in [0.4, 0.5) is 18.9 Å². The largest absolute Gasteiger partial charge is 0.490 e. The van der Waals surface area contributed by atoms with Crippen molar-refractivity contribution < 1.29 is 27.5 Å². The Morgan fingerprint density at radius 3 is 2.47 bits per heavy atom. The number of fused-ring (bicyclic) bond motifs is 1. The molecule has 45 heavy (non-hydrogen) atoms. The van der Waals surface area contributed by atoms with E-state index in [1.807, 2.05) is 11.7 Å². The Labute approximate surface area is 269 Å². The molecule has 2 aromatic carbocycles. The first-order valence-electron chi connectivity index (χ1n) is 15.9. The smallest absolute Gasteiger partial charge is 0.417 e. The van der Waals surface area contributed by atoms with Crippen molar-refractivity contribution in [2.75, 3.05) is 37.6 Å². The standard InChI is InChI=1S/C33H39BrF3N5O3/c1-40-29-19-22(6-10-25(29)31(39-40)26-11-13-30(43)38-32(26)44)42-17-15-41(16-18-42)14-2-3-21-4-7-23(8-5-21)45-24-9-12-28(34)27(20-24)33(35,36)37/h6,9-10,12,19-21,23,26H,2-5,7-8,11,13-18H2,1H3,(H,38,43,44). The number of aromatic nitrogens is 2. The number of hydrogen-bond acceptors (Lipinski definition) is 6. The second-order valence-electron chi connectivity index (χ2n) is 12.6. The number of halogens is 4. The number of carbonyl (C=O) groups is 2. The molecular formula is C33H39BrF3N5O3. The molecule has 6 rings (SSSR count). The van der Waals surface area contributed by atoms with E-state index in [-0.39, 0.29) is 28.1 Å². The molecule has 2 aliphatic heterocycles. The number of carbonyl (C=O) groups excluding carboxylic acids is 2. The predicted octanol–water partition coefficient (Wildman–Crippen LogP) is 6.41. The number of piperidine rings is 1. The van der Waals surface area contributed by atoms with Crippen molar-refractivity contribution in [2.24, 2.45) is 13.0 Å². The van der Waals surface area contributed by atoms with Crippen LogP contribution in [0.15, 0.2) is 40.9 Å². The number of imide groups is 1. The zero-order valence-corrected chi connectivity index (χ0v) is 27.0. The van der Waals surface area contributed by atoms with Crippen LogP contribution >= 0.6 is 15.9 Å². The monoisotopic (exact) mass is 689 g/mol. The summed E-state index contributed by atoms with van der Waals surface area (Å²) in [6.07, 6.45) is 2.50. The van der Waals surface area contributed by atoms with Crippen LogP contribution in [-0.4, -0.2) is 65.3 Å². The first kappa shape index (κ1) is 31.8. The summed E-state index contributed by atoms with van der Waals surface area (Å²) in [4.78, 5) is 29.0. The quantitative estimate of drug-likeness (QED) is 0.275. The molecule has 3 aliphatic rings. The summed E-state index contributed by atoms with van der Waals surface area (Å²) in [5.74, 6) is 0.0228. The van der Waals surface area contributed by atoms with Crippen LogP contribution in [0.5, 0.6) is 5.75 Å². The summed E-state index contributed by atoms with van der Waals surface area (Å²) in [6.45, 7) is 4.95. The van der Waals surface area contributed by atoms with Gasteiger partial charge in [-0.05, 0) is 93.8 Å². The summed E-state index contributed by atoms with van der Waals surface area (Å²) >= 11 is 2.99. The lowest BCUT2D eigenvalue weighted by Gasteiger charge is -2.36. The van der Waals surface area contributed by atoms with Gasteiger partial charge >= 0.3 is 6.18 Å². The number of alkyl halides is 3. The molecule has 242 valence electrons. The average molecular weight is 691 g/mol. The van der Waals surface area contributed by atoms with Gasteiger partial charge in [-0.3, -0.25) is 24.5 Å². The molecule has 1 aromatic heterocycles. The Hall–Kier alpha value is -3.12. The summed E-state index contributed by atoms with van der Waals surface area (Å²) in [5.41, 5.74) is 2.16. The van der Waals surface area contributed by atoms with Crippen LogP contribution in [0.3, 0.4) is 0 Å². The van der Waals surface area contributed by atoms with Gasteiger partial charge in [-0.1, -0.05) is 15.9 Å². The lowest BCUT2D eigenvalue weighted by atomic mass is 9.84. The highest BCUT2D eigenvalue weighted by Crippen LogP contribution is 2.38. The molecule has 1 unspecified atom stereocenters. The van der Waals surface area contributed by atoms with E-state index in [1.165, 1.54) is 6.07 Å². The maximum atomic E-state index is 13.2. The van der Waals surface area contributed by atoms with E-state index in [1.54, 1.807) is 6.07 Å². The Kier molecular flexibility index (Phi) is 9.42. The van der Waals surface area contributed by atoms with E-state index in [4.69, 9.17) is 4.74 Å². The van der Waals surface area contributed by atoms with E-state index in [2.05, 4.69) is 54.3 Å².